The summed E-state index contributed by atoms with van der Waals surface area (Å²) in [5, 5.41) is 4.52. The first-order valence-corrected chi connectivity index (χ1v) is 10.4. The second-order valence-electron chi connectivity index (χ2n) is 5.69. The lowest BCUT2D eigenvalue weighted by Crippen LogP contribution is -2.14. The maximum Gasteiger partial charge on any atom is 0.271 e. The number of hydrogen-bond donors (Lipinski definition) is 2. The van der Waals surface area contributed by atoms with Crippen LogP contribution < -0.4 is 14.8 Å². The molecule has 1 amide bonds. The van der Waals surface area contributed by atoms with Crippen molar-refractivity contribution in [1.29, 1.82) is 0 Å². The van der Waals surface area contributed by atoms with Gasteiger partial charge in [0, 0.05) is 11.4 Å². The number of rotatable bonds is 7. The lowest BCUT2D eigenvalue weighted by Gasteiger charge is -2.08. The Morgan fingerprint density at radius 1 is 1.00 bits per heavy atom. The van der Waals surface area contributed by atoms with Crippen molar-refractivity contribution in [1.82, 2.24) is 0 Å². The predicted molar refractivity (Wildman–Crippen MR) is 107 cm³/mol. The number of nitrogens with one attached hydrogen (secondary N) is 2. The van der Waals surface area contributed by atoms with Gasteiger partial charge in [0.05, 0.1) is 13.5 Å². The molecule has 0 fully saturated rings. The third-order valence-electron chi connectivity index (χ3n) is 3.70. The molecule has 0 radical (unpaired) electrons. The summed E-state index contributed by atoms with van der Waals surface area (Å²) in [6, 6.07) is 17.0. The van der Waals surface area contributed by atoms with E-state index in [9.17, 15) is 13.2 Å². The van der Waals surface area contributed by atoms with Crippen LogP contribution in [0.1, 0.15) is 5.56 Å². The molecule has 0 aliphatic heterocycles. The Balaban J connectivity index is 1.59. The summed E-state index contributed by atoms with van der Waals surface area (Å²) >= 11 is 1.15. The van der Waals surface area contributed by atoms with E-state index >= 15 is 0 Å². The summed E-state index contributed by atoms with van der Waals surface area (Å²) in [4.78, 5) is 12.2. The predicted octanol–water partition coefficient (Wildman–Crippen LogP) is 3.74. The molecule has 0 aliphatic carbocycles. The maximum absolute atomic E-state index is 12.2. The monoisotopic (exact) mass is 402 g/mol. The lowest BCUT2D eigenvalue weighted by atomic mass is 10.1. The Morgan fingerprint density at radius 3 is 2.26 bits per heavy atom. The molecule has 2 N–H and O–H groups in total. The van der Waals surface area contributed by atoms with E-state index in [1.165, 1.54) is 0 Å². The van der Waals surface area contributed by atoms with Crippen LogP contribution in [0.4, 0.5) is 11.4 Å². The summed E-state index contributed by atoms with van der Waals surface area (Å²) in [6.07, 6.45) is 0.185. The van der Waals surface area contributed by atoms with E-state index in [-0.39, 0.29) is 16.5 Å². The smallest absolute Gasteiger partial charge is 0.271 e. The normalized spacial score (nSPS) is 11.0. The summed E-state index contributed by atoms with van der Waals surface area (Å²) < 4.78 is 32.3. The average Bonchev–Trinajstić information content (AvgIpc) is 3.19. The van der Waals surface area contributed by atoms with Crippen LogP contribution in [0.25, 0.3) is 0 Å². The van der Waals surface area contributed by atoms with Gasteiger partial charge in [-0.1, -0.05) is 18.2 Å². The van der Waals surface area contributed by atoms with Crippen molar-refractivity contribution in [3.05, 3.63) is 71.6 Å². The van der Waals surface area contributed by atoms with E-state index in [4.69, 9.17) is 4.74 Å². The van der Waals surface area contributed by atoms with E-state index in [0.29, 0.717) is 17.1 Å². The zero-order chi connectivity index (χ0) is 19.3. The molecule has 1 heterocycles. The molecule has 27 heavy (non-hydrogen) atoms. The molecular weight excluding hydrogens is 384 g/mol. The third-order valence-corrected chi connectivity index (χ3v) is 6.48. The zero-order valence-electron chi connectivity index (χ0n) is 14.5. The minimum Gasteiger partial charge on any atom is -0.497 e. The molecule has 3 rings (SSSR count). The summed E-state index contributed by atoms with van der Waals surface area (Å²) in [5.41, 5.74) is 1.91. The van der Waals surface area contributed by atoms with Crippen molar-refractivity contribution in [2.75, 3.05) is 17.1 Å². The van der Waals surface area contributed by atoms with Crippen molar-refractivity contribution in [3.63, 3.8) is 0 Å². The van der Waals surface area contributed by atoms with Gasteiger partial charge < -0.3 is 10.1 Å². The molecule has 0 unspecified atom stereocenters. The Labute approximate surface area is 161 Å². The molecule has 8 heteroatoms. The number of sulfonamides is 1. The van der Waals surface area contributed by atoms with Gasteiger partial charge in [0.1, 0.15) is 9.96 Å². The Hall–Kier alpha value is -2.84. The number of carbonyl (C=O) groups is 1. The molecule has 0 spiro atoms. The molecule has 140 valence electrons. The topological polar surface area (TPSA) is 84.5 Å². The van der Waals surface area contributed by atoms with E-state index < -0.39 is 10.0 Å². The average molecular weight is 402 g/mol. The Kier molecular flexibility index (Phi) is 5.78. The van der Waals surface area contributed by atoms with E-state index in [1.807, 2.05) is 0 Å². The molecule has 0 bridgehead atoms. The van der Waals surface area contributed by atoms with Gasteiger partial charge in [0.15, 0.2) is 0 Å². The van der Waals surface area contributed by atoms with Crippen LogP contribution in [0, 0.1) is 0 Å². The van der Waals surface area contributed by atoms with Crippen LogP contribution in [-0.2, 0) is 21.2 Å². The van der Waals surface area contributed by atoms with Crippen molar-refractivity contribution >= 4 is 38.6 Å². The van der Waals surface area contributed by atoms with Gasteiger partial charge in [-0.25, -0.2) is 8.42 Å². The van der Waals surface area contributed by atoms with Crippen LogP contribution in [0.3, 0.4) is 0 Å². The highest BCUT2D eigenvalue weighted by atomic mass is 32.2. The van der Waals surface area contributed by atoms with Crippen molar-refractivity contribution in [3.8, 4) is 5.75 Å². The molecular formula is C19H18N2O4S2. The number of thiophene rings is 1. The lowest BCUT2D eigenvalue weighted by molar-refractivity contribution is -0.115. The molecule has 3 aromatic rings. The minimum absolute atomic E-state index is 0.160. The number of benzene rings is 2. The number of methoxy groups -OCH3 is 1. The van der Waals surface area contributed by atoms with Crippen LogP contribution >= 0.6 is 11.3 Å². The maximum atomic E-state index is 12.2. The molecule has 1 aromatic heterocycles. The van der Waals surface area contributed by atoms with Gasteiger partial charge >= 0.3 is 0 Å². The minimum atomic E-state index is -3.57. The van der Waals surface area contributed by atoms with Crippen molar-refractivity contribution in [2.24, 2.45) is 0 Å². The van der Waals surface area contributed by atoms with Crippen LogP contribution in [-0.4, -0.2) is 21.4 Å². The van der Waals surface area contributed by atoms with Gasteiger partial charge in [0.2, 0.25) is 5.91 Å². The first-order chi connectivity index (χ1) is 13.0. The van der Waals surface area contributed by atoms with Gasteiger partial charge in [0.25, 0.3) is 10.0 Å². The largest absolute Gasteiger partial charge is 0.497 e. The van der Waals surface area contributed by atoms with Gasteiger partial charge in [-0.15, -0.1) is 11.3 Å². The number of amides is 1. The summed E-state index contributed by atoms with van der Waals surface area (Å²) in [5.74, 6) is 0.556. The van der Waals surface area contributed by atoms with Crippen molar-refractivity contribution in [2.45, 2.75) is 10.6 Å². The van der Waals surface area contributed by atoms with Gasteiger partial charge in [-0.3, -0.25) is 9.52 Å². The fourth-order valence-corrected chi connectivity index (χ4v) is 4.43. The van der Waals surface area contributed by atoms with Gasteiger partial charge in [-0.2, -0.15) is 0 Å². The molecule has 0 aliphatic rings. The summed E-state index contributed by atoms with van der Waals surface area (Å²) in [6.45, 7) is 0. The fourth-order valence-electron chi connectivity index (χ4n) is 2.38. The Morgan fingerprint density at radius 2 is 1.67 bits per heavy atom. The Bertz CT molecular complexity index is 997. The number of hydrogen-bond acceptors (Lipinski definition) is 5. The number of anilines is 2. The van der Waals surface area contributed by atoms with Gasteiger partial charge in [-0.05, 0) is 53.4 Å². The van der Waals surface area contributed by atoms with Crippen LogP contribution in [0.15, 0.2) is 70.3 Å². The van der Waals surface area contributed by atoms with Crippen LogP contribution in [0.2, 0.25) is 0 Å². The van der Waals surface area contributed by atoms with E-state index in [0.717, 1.165) is 16.9 Å². The third kappa shape index (κ3) is 5.08. The zero-order valence-corrected chi connectivity index (χ0v) is 16.1. The van der Waals surface area contributed by atoms with E-state index in [1.54, 1.807) is 73.2 Å². The molecule has 0 saturated heterocycles. The number of ether oxygens (including phenoxy) is 1. The molecule has 0 saturated carbocycles. The highest BCUT2D eigenvalue weighted by molar-refractivity contribution is 7.94. The standard InChI is InChI=1S/C19H18N2O4S2/c1-25-17-10-8-15(9-11-17)20-18(22)13-14-4-6-16(7-5-14)21-27(23,24)19-3-2-12-26-19/h2-12,21H,13H2,1H3,(H,20,22). The van der Waals surface area contributed by atoms with E-state index in [2.05, 4.69) is 10.0 Å². The highest BCUT2D eigenvalue weighted by Crippen LogP contribution is 2.21. The van der Waals surface area contributed by atoms with Crippen molar-refractivity contribution < 1.29 is 17.9 Å². The first-order valence-electron chi connectivity index (χ1n) is 8.05. The SMILES string of the molecule is COc1ccc(NC(=O)Cc2ccc(NS(=O)(=O)c3cccs3)cc2)cc1. The molecule has 6 nitrogen and oxygen atoms in total. The molecule has 0 atom stereocenters. The second kappa shape index (κ2) is 8.24. The first kappa shape index (κ1) is 18.9. The second-order valence-corrected chi connectivity index (χ2v) is 8.54. The number of carbonyl (C=O) groups excluding carboxylic acids is 1. The highest BCUT2D eigenvalue weighted by Gasteiger charge is 2.15. The molecule has 2 aromatic carbocycles. The summed E-state index contributed by atoms with van der Waals surface area (Å²) in [7, 11) is -1.99. The fraction of sp³-hybridized carbons (Fsp3) is 0.105. The quantitative estimate of drug-likeness (QED) is 0.631. The van der Waals surface area contributed by atoms with Crippen LogP contribution in [0.5, 0.6) is 5.75 Å².